The molecule has 0 saturated carbocycles. The second kappa shape index (κ2) is 6.73. The van der Waals surface area contributed by atoms with Gasteiger partial charge in [-0.2, -0.15) is 0 Å². The molecule has 0 fully saturated rings. The first-order valence-corrected chi connectivity index (χ1v) is 8.83. The standard InChI is InChI=1S/C19H14N2O5S/c1-25-15-8-11(6-7-14(15)26-10-17(22)23)9-16-18(24)21-13-5-3-2-4-12(13)20-19(21)27-16/h2-9H,10H2,1H3,(H,22,23). The highest BCUT2D eigenvalue weighted by atomic mass is 32.1. The van der Waals surface area contributed by atoms with Crippen molar-refractivity contribution < 1.29 is 19.4 Å². The highest BCUT2D eigenvalue weighted by molar-refractivity contribution is 7.15. The van der Waals surface area contributed by atoms with E-state index in [2.05, 4.69) is 4.98 Å². The summed E-state index contributed by atoms with van der Waals surface area (Å²) < 4.78 is 12.6. The monoisotopic (exact) mass is 382 g/mol. The Labute approximate surface area is 156 Å². The molecule has 0 unspecified atom stereocenters. The number of para-hydroxylation sites is 2. The van der Waals surface area contributed by atoms with Crippen LogP contribution in [0.15, 0.2) is 47.3 Å². The van der Waals surface area contributed by atoms with Crippen LogP contribution in [-0.4, -0.2) is 34.2 Å². The number of rotatable bonds is 5. The third-order valence-corrected chi connectivity index (χ3v) is 4.95. The first-order valence-electron chi connectivity index (χ1n) is 8.01. The largest absolute Gasteiger partial charge is 0.493 e. The Bertz CT molecular complexity index is 1270. The summed E-state index contributed by atoms with van der Waals surface area (Å²) >= 11 is 1.31. The van der Waals surface area contributed by atoms with Crippen LogP contribution in [0.5, 0.6) is 11.5 Å². The molecule has 8 heteroatoms. The third-order valence-electron chi connectivity index (χ3n) is 3.98. The second-order valence-electron chi connectivity index (χ2n) is 5.73. The molecule has 0 aliphatic rings. The number of thiazole rings is 1. The minimum absolute atomic E-state index is 0.131. The number of nitrogens with zero attached hydrogens (tertiary/aromatic N) is 2. The smallest absolute Gasteiger partial charge is 0.341 e. The SMILES string of the molecule is COc1cc(C=c2sc3nc4ccccc4n3c2=O)ccc1OCC(=O)O. The average molecular weight is 382 g/mol. The molecule has 0 radical (unpaired) electrons. The van der Waals surface area contributed by atoms with Crippen LogP contribution in [-0.2, 0) is 4.79 Å². The molecule has 0 aliphatic carbocycles. The fourth-order valence-corrected chi connectivity index (χ4v) is 3.78. The summed E-state index contributed by atoms with van der Waals surface area (Å²) in [6.45, 7) is -0.459. The number of hydrogen-bond acceptors (Lipinski definition) is 6. The molecule has 0 atom stereocenters. The van der Waals surface area contributed by atoms with Gasteiger partial charge in [-0.15, -0.1) is 0 Å². The molecule has 4 rings (SSSR count). The molecule has 27 heavy (non-hydrogen) atoms. The van der Waals surface area contributed by atoms with Crippen molar-refractivity contribution in [3.8, 4) is 11.5 Å². The average Bonchev–Trinajstić information content (AvgIpc) is 3.17. The Morgan fingerprint density at radius 2 is 2.07 bits per heavy atom. The second-order valence-corrected chi connectivity index (χ2v) is 6.74. The number of ether oxygens (including phenoxy) is 2. The number of aliphatic carboxylic acids is 1. The van der Waals surface area contributed by atoms with Crippen molar-refractivity contribution in [2.24, 2.45) is 0 Å². The van der Waals surface area contributed by atoms with E-state index < -0.39 is 12.6 Å². The highest BCUT2D eigenvalue weighted by Gasteiger charge is 2.11. The van der Waals surface area contributed by atoms with Crippen molar-refractivity contribution in [3.05, 3.63) is 62.9 Å². The van der Waals surface area contributed by atoms with E-state index >= 15 is 0 Å². The maximum atomic E-state index is 12.8. The van der Waals surface area contributed by atoms with Gasteiger partial charge in [-0.05, 0) is 35.9 Å². The zero-order valence-electron chi connectivity index (χ0n) is 14.2. The highest BCUT2D eigenvalue weighted by Crippen LogP contribution is 2.28. The van der Waals surface area contributed by atoms with Crippen molar-refractivity contribution in [1.29, 1.82) is 0 Å². The summed E-state index contributed by atoms with van der Waals surface area (Å²) in [5.74, 6) is -0.353. The third kappa shape index (κ3) is 3.11. The topological polar surface area (TPSA) is 90.1 Å². The van der Waals surface area contributed by atoms with Crippen LogP contribution in [0.1, 0.15) is 5.56 Å². The molecular formula is C19H14N2O5S. The predicted octanol–water partition coefficient (Wildman–Crippen LogP) is 1.93. The van der Waals surface area contributed by atoms with E-state index in [0.717, 1.165) is 16.6 Å². The van der Waals surface area contributed by atoms with Gasteiger partial charge in [0.25, 0.3) is 5.56 Å². The number of carboxylic acid groups (broad SMARTS) is 1. The van der Waals surface area contributed by atoms with Crippen LogP contribution in [0.25, 0.3) is 22.1 Å². The van der Waals surface area contributed by atoms with Gasteiger partial charge in [-0.1, -0.05) is 29.5 Å². The number of hydrogen-bond donors (Lipinski definition) is 1. The Morgan fingerprint density at radius 1 is 1.26 bits per heavy atom. The Hall–Kier alpha value is -3.39. The normalized spacial score (nSPS) is 12.0. The molecule has 0 saturated heterocycles. The van der Waals surface area contributed by atoms with Gasteiger partial charge in [-0.25, -0.2) is 14.2 Å². The van der Waals surface area contributed by atoms with Crippen molar-refractivity contribution in [1.82, 2.24) is 9.38 Å². The maximum Gasteiger partial charge on any atom is 0.341 e. The molecule has 136 valence electrons. The van der Waals surface area contributed by atoms with E-state index in [1.54, 1.807) is 28.7 Å². The van der Waals surface area contributed by atoms with E-state index in [1.165, 1.54) is 18.4 Å². The van der Waals surface area contributed by atoms with Gasteiger partial charge in [0.1, 0.15) is 0 Å². The molecule has 2 heterocycles. The molecule has 0 amide bonds. The van der Waals surface area contributed by atoms with Gasteiger partial charge in [0.15, 0.2) is 23.1 Å². The van der Waals surface area contributed by atoms with Crippen LogP contribution in [0.3, 0.4) is 0 Å². The molecular weight excluding hydrogens is 368 g/mol. The number of benzene rings is 2. The van der Waals surface area contributed by atoms with Gasteiger partial charge < -0.3 is 14.6 Å². The zero-order valence-corrected chi connectivity index (χ0v) is 15.0. The molecule has 7 nitrogen and oxygen atoms in total. The first kappa shape index (κ1) is 17.0. The summed E-state index contributed by atoms with van der Waals surface area (Å²) in [4.78, 5) is 28.6. The molecule has 0 spiro atoms. The van der Waals surface area contributed by atoms with Crippen LogP contribution in [0.2, 0.25) is 0 Å². The number of fused-ring (bicyclic) bond motifs is 3. The summed E-state index contributed by atoms with van der Waals surface area (Å²) in [6.07, 6.45) is 1.75. The fraction of sp³-hybridized carbons (Fsp3) is 0.105. The van der Waals surface area contributed by atoms with Gasteiger partial charge in [0.05, 0.1) is 22.7 Å². The van der Waals surface area contributed by atoms with Crippen molar-refractivity contribution in [2.45, 2.75) is 0 Å². The van der Waals surface area contributed by atoms with Crippen LogP contribution < -0.4 is 19.6 Å². The van der Waals surface area contributed by atoms with Gasteiger partial charge in [0, 0.05) is 0 Å². The number of carboxylic acids is 1. The van der Waals surface area contributed by atoms with E-state index in [9.17, 15) is 9.59 Å². The van der Waals surface area contributed by atoms with Crippen LogP contribution in [0, 0.1) is 0 Å². The number of aromatic nitrogens is 2. The molecule has 1 N–H and O–H groups in total. The molecule has 2 aromatic carbocycles. The van der Waals surface area contributed by atoms with Gasteiger partial charge in [0.2, 0.25) is 0 Å². The quantitative estimate of drug-likeness (QED) is 0.567. The first-order chi connectivity index (χ1) is 13.1. The lowest BCUT2D eigenvalue weighted by Crippen LogP contribution is -2.22. The summed E-state index contributed by atoms with van der Waals surface area (Å²) in [5.41, 5.74) is 2.17. The lowest BCUT2D eigenvalue weighted by Gasteiger charge is -2.09. The number of imidazole rings is 1. The van der Waals surface area contributed by atoms with Crippen molar-refractivity contribution in [2.75, 3.05) is 13.7 Å². The minimum Gasteiger partial charge on any atom is -0.493 e. The lowest BCUT2D eigenvalue weighted by molar-refractivity contribution is -0.139. The van der Waals surface area contributed by atoms with Crippen molar-refractivity contribution >= 4 is 39.4 Å². The Kier molecular flexibility index (Phi) is 4.25. The summed E-state index contributed by atoms with van der Waals surface area (Å²) in [7, 11) is 1.47. The minimum atomic E-state index is -1.07. The van der Waals surface area contributed by atoms with Gasteiger partial charge in [-0.3, -0.25) is 4.79 Å². The van der Waals surface area contributed by atoms with E-state index in [0.29, 0.717) is 21.0 Å². The summed E-state index contributed by atoms with van der Waals surface area (Å²) in [6, 6.07) is 12.5. The van der Waals surface area contributed by atoms with E-state index in [4.69, 9.17) is 14.6 Å². The van der Waals surface area contributed by atoms with Gasteiger partial charge >= 0.3 is 5.97 Å². The van der Waals surface area contributed by atoms with Crippen LogP contribution in [0.4, 0.5) is 0 Å². The van der Waals surface area contributed by atoms with Crippen LogP contribution >= 0.6 is 11.3 Å². The number of methoxy groups -OCH3 is 1. The molecule has 0 aliphatic heterocycles. The molecule has 0 bridgehead atoms. The predicted molar refractivity (Wildman–Crippen MR) is 102 cm³/mol. The number of carbonyl (C=O) groups is 1. The molecule has 4 aromatic rings. The zero-order chi connectivity index (χ0) is 19.0. The van der Waals surface area contributed by atoms with Crippen molar-refractivity contribution in [3.63, 3.8) is 0 Å². The summed E-state index contributed by atoms with van der Waals surface area (Å²) in [5, 5.41) is 8.73. The lowest BCUT2D eigenvalue weighted by atomic mass is 10.2. The van der Waals surface area contributed by atoms with E-state index in [-0.39, 0.29) is 5.56 Å². The Morgan fingerprint density at radius 3 is 2.85 bits per heavy atom. The maximum absolute atomic E-state index is 12.8. The Balaban J connectivity index is 1.78. The van der Waals surface area contributed by atoms with E-state index in [1.807, 2.05) is 24.3 Å². The molecule has 2 aromatic heterocycles. The fourth-order valence-electron chi connectivity index (χ4n) is 2.80.